The number of pyridine rings is 2. The first kappa shape index (κ1) is 16.6. The molecule has 0 unspecified atom stereocenters. The third kappa shape index (κ3) is 14.7. The predicted molar refractivity (Wildman–Crippen MR) is 60.4 cm³/mol. The van der Waals surface area contributed by atoms with E-state index in [1.165, 1.54) is 0 Å². The number of nitrogens with zero attached hydrogens (tertiary/aromatic N) is 2. The molecule has 0 spiro atoms. The van der Waals surface area contributed by atoms with E-state index in [0.717, 1.165) is 0 Å². The molecular weight excluding hydrogens is 208 g/mol. The monoisotopic (exact) mass is 224 g/mol. The summed E-state index contributed by atoms with van der Waals surface area (Å²) in [5, 5.41) is 13.0. The summed E-state index contributed by atoms with van der Waals surface area (Å²) in [4.78, 5) is 7.57. The van der Waals surface area contributed by atoms with Crippen LogP contribution in [0.5, 0.6) is 0 Å². The fraction of sp³-hybridized carbons (Fsp3) is 0. The van der Waals surface area contributed by atoms with Gasteiger partial charge in [0.15, 0.2) is 0 Å². The standard InChI is InChI=1S/2C5H5N.2H3NO/c2*1-2-4-6-5-3-1;2*1-2/h2*1-5H;2*2H,1H2. The first-order valence-electron chi connectivity index (χ1n) is 4.22. The van der Waals surface area contributed by atoms with Gasteiger partial charge in [0, 0.05) is 24.8 Å². The molecule has 0 atom stereocenters. The van der Waals surface area contributed by atoms with Gasteiger partial charge in [-0.25, -0.2) is 11.8 Å². The van der Waals surface area contributed by atoms with Crippen molar-refractivity contribution in [2.45, 2.75) is 0 Å². The Morgan fingerprint density at radius 3 is 0.812 bits per heavy atom. The van der Waals surface area contributed by atoms with E-state index in [-0.39, 0.29) is 0 Å². The normalized spacial score (nSPS) is 6.75. The molecule has 0 bridgehead atoms. The van der Waals surface area contributed by atoms with Crippen molar-refractivity contribution in [3.63, 3.8) is 0 Å². The molecule has 2 aromatic rings. The van der Waals surface area contributed by atoms with E-state index in [1.54, 1.807) is 24.8 Å². The van der Waals surface area contributed by atoms with E-state index in [0.29, 0.717) is 0 Å². The van der Waals surface area contributed by atoms with Crippen LogP contribution in [0.15, 0.2) is 61.2 Å². The van der Waals surface area contributed by atoms with Gasteiger partial charge in [0.25, 0.3) is 0 Å². The number of nitrogens with two attached hydrogens (primary N) is 2. The molecule has 6 nitrogen and oxygen atoms in total. The molecule has 2 rings (SSSR count). The molecule has 0 radical (unpaired) electrons. The highest BCUT2D eigenvalue weighted by Crippen LogP contribution is 1.74. The highest BCUT2D eigenvalue weighted by Gasteiger charge is 1.59. The van der Waals surface area contributed by atoms with Crippen molar-refractivity contribution in [3.8, 4) is 0 Å². The molecule has 0 amide bonds. The second kappa shape index (κ2) is 18.8. The Balaban J connectivity index is 0. The molecule has 88 valence electrons. The Bertz CT molecular complexity index is 196. The lowest BCUT2D eigenvalue weighted by atomic mass is 10.5. The van der Waals surface area contributed by atoms with Crippen LogP contribution in [0, 0.1) is 0 Å². The van der Waals surface area contributed by atoms with E-state index in [2.05, 4.69) is 21.8 Å². The van der Waals surface area contributed by atoms with Crippen molar-refractivity contribution >= 4 is 0 Å². The largest absolute Gasteiger partial charge is 0.320 e. The van der Waals surface area contributed by atoms with Gasteiger partial charge in [-0.05, 0) is 24.3 Å². The summed E-state index contributed by atoms with van der Waals surface area (Å²) in [5.74, 6) is 7.00. The zero-order chi connectivity index (χ0) is 12.5. The summed E-state index contributed by atoms with van der Waals surface area (Å²) in [5.41, 5.74) is 0. The molecule has 0 aliphatic rings. The van der Waals surface area contributed by atoms with Crippen LogP contribution < -0.4 is 11.8 Å². The van der Waals surface area contributed by atoms with Crippen LogP contribution in [0.2, 0.25) is 0 Å². The topological polar surface area (TPSA) is 118 Å². The lowest BCUT2D eigenvalue weighted by Gasteiger charge is -1.70. The first-order chi connectivity index (χ1) is 8.00. The summed E-state index contributed by atoms with van der Waals surface area (Å²) in [6.45, 7) is 0. The van der Waals surface area contributed by atoms with E-state index >= 15 is 0 Å². The number of aromatic nitrogens is 2. The Kier molecular flexibility index (Phi) is 19.5. The minimum atomic E-state index is 1.75. The van der Waals surface area contributed by atoms with Crippen LogP contribution in [0.1, 0.15) is 0 Å². The van der Waals surface area contributed by atoms with Gasteiger partial charge < -0.3 is 10.4 Å². The maximum Gasteiger partial charge on any atom is 0.0267 e. The molecule has 6 N–H and O–H groups in total. The van der Waals surface area contributed by atoms with Gasteiger partial charge in [-0.1, -0.05) is 12.1 Å². The van der Waals surface area contributed by atoms with Gasteiger partial charge in [-0.15, -0.1) is 0 Å². The van der Waals surface area contributed by atoms with Crippen molar-refractivity contribution < 1.29 is 10.4 Å². The van der Waals surface area contributed by atoms with Gasteiger partial charge >= 0.3 is 0 Å². The number of hydrogen-bond donors (Lipinski definition) is 4. The van der Waals surface area contributed by atoms with E-state index in [9.17, 15) is 0 Å². The van der Waals surface area contributed by atoms with Gasteiger partial charge in [-0.3, -0.25) is 9.97 Å². The maximum atomic E-state index is 6.50. The average Bonchev–Trinajstić information content (AvgIpc) is 2.48. The minimum Gasteiger partial charge on any atom is -0.320 e. The van der Waals surface area contributed by atoms with Gasteiger partial charge in [0.05, 0.1) is 0 Å². The van der Waals surface area contributed by atoms with E-state index in [1.807, 2.05) is 36.4 Å². The molecular formula is C10H16N4O2. The highest BCUT2D eigenvalue weighted by atomic mass is 16.4. The number of hydrogen-bond acceptors (Lipinski definition) is 6. The van der Waals surface area contributed by atoms with E-state index < -0.39 is 0 Å². The summed E-state index contributed by atoms with van der Waals surface area (Å²) in [7, 11) is 0. The molecule has 0 aliphatic carbocycles. The lowest BCUT2D eigenvalue weighted by molar-refractivity contribution is 0.311. The van der Waals surface area contributed by atoms with Crippen LogP contribution in [-0.4, -0.2) is 20.4 Å². The molecule has 0 saturated carbocycles. The molecule has 0 fully saturated rings. The summed E-state index contributed by atoms with van der Waals surface area (Å²) in [6, 6.07) is 11.4. The Morgan fingerprint density at radius 1 is 0.500 bits per heavy atom. The molecule has 2 heterocycles. The Hall–Kier alpha value is -1.86. The third-order valence-corrected chi connectivity index (χ3v) is 1.13. The summed E-state index contributed by atoms with van der Waals surface area (Å²) < 4.78 is 0. The molecule has 2 aromatic heterocycles. The van der Waals surface area contributed by atoms with Crippen molar-refractivity contribution in [1.29, 1.82) is 0 Å². The molecule has 6 heteroatoms. The molecule has 0 aromatic carbocycles. The summed E-state index contributed by atoms with van der Waals surface area (Å²) in [6.07, 6.45) is 7.00. The highest BCUT2D eigenvalue weighted by molar-refractivity contribution is 4.88. The molecule has 16 heavy (non-hydrogen) atoms. The fourth-order valence-electron chi connectivity index (χ4n) is 0.625. The van der Waals surface area contributed by atoms with Crippen LogP contribution in [0.3, 0.4) is 0 Å². The van der Waals surface area contributed by atoms with Crippen molar-refractivity contribution in [2.24, 2.45) is 11.8 Å². The average molecular weight is 224 g/mol. The predicted octanol–water partition coefficient (Wildman–Crippen LogP) is 0.832. The Labute approximate surface area is 94.1 Å². The van der Waals surface area contributed by atoms with Crippen LogP contribution in [-0.2, 0) is 0 Å². The minimum absolute atomic E-state index is 1.75. The second-order valence-corrected chi connectivity index (χ2v) is 2.05. The number of rotatable bonds is 0. The van der Waals surface area contributed by atoms with Crippen molar-refractivity contribution in [1.82, 2.24) is 9.97 Å². The van der Waals surface area contributed by atoms with Gasteiger partial charge in [-0.2, -0.15) is 0 Å². The smallest absolute Gasteiger partial charge is 0.0267 e. The van der Waals surface area contributed by atoms with Crippen LogP contribution >= 0.6 is 0 Å². The lowest BCUT2D eigenvalue weighted by Crippen LogP contribution is -1.72. The maximum absolute atomic E-state index is 6.50. The molecule has 0 saturated heterocycles. The fourth-order valence-corrected chi connectivity index (χ4v) is 0.625. The SMILES string of the molecule is NO.NO.c1ccncc1.c1ccncc1. The van der Waals surface area contributed by atoms with E-state index in [4.69, 9.17) is 10.4 Å². The van der Waals surface area contributed by atoms with Crippen molar-refractivity contribution in [3.05, 3.63) is 61.2 Å². The van der Waals surface area contributed by atoms with Crippen LogP contribution in [0.25, 0.3) is 0 Å². The third-order valence-electron chi connectivity index (χ3n) is 1.13. The summed E-state index contributed by atoms with van der Waals surface area (Å²) >= 11 is 0. The quantitative estimate of drug-likeness (QED) is 0.492. The van der Waals surface area contributed by atoms with Gasteiger partial charge in [0.2, 0.25) is 0 Å². The van der Waals surface area contributed by atoms with Gasteiger partial charge in [0.1, 0.15) is 0 Å². The second-order valence-electron chi connectivity index (χ2n) is 2.05. The zero-order valence-electron chi connectivity index (χ0n) is 8.72. The van der Waals surface area contributed by atoms with Crippen molar-refractivity contribution in [2.75, 3.05) is 0 Å². The van der Waals surface area contributed by atoms with Crippen LogP contribution in [0.4, 0.5) is 0 Å². The first-order valence-corrected chi connectivity index (χ1v) is 4.22. The Morgan fingerprint density at radius 2 is 0.750 bits per heavy atom. The zero-order valence-corrected chi connectivity index (χ0v) is 8.72. The molecule has 0 aliphatic heterocycles.